The van der Waals surface area contributed by atoms with Crippen LogP contribution in [0.25, 0.3) is 11.0 Å². The van der Waals surface area contributed by atoms with Crippen LogP contribution in [0.4, 0.5) is 0 Å². The average Bonchev–Trinajstić information content (AvgIpc) is 2.86. The second kappa shape index (κ2) is 4.21. The summed E-state index contributed by atoms with van der Waals surface area (Å²) in [4.78, 5) is 4.75. The van der Waals surface area contributed by atoms with Crippen molar-refractivity contribution in [3.63, 3.8) is 0 Å². The molecule has 2 heterocycles. The first-order valence-electron chi connectivity index (χ1n) is 6.68. The summed E-state index contributed by atoms with van der Waals surface area (Å²) < 4.78 is 2.33. The highest BCUT2D eigenvalue weighted by Crippen LogP contribution is 2.27. The molecule has 1 aliphatic rings. The van der Waals surface area contributed by atoms with Crippen molar-refractivity contribution in [2.24, 2.45) is 0 Å². The highest BCUT2D eigenvalue weighted by Gasteiger charge is 2.23. The van der Waals surface area contributed by atoms with Gasteiger partial charge >= 0.3 is 0 Å². The van der Waals surface area contributed by atoms with Gasteiger partial charge in [-0.25, -0.2) is 4.98 Å². The molecule has 1 N–H and O–H groups in total. The molecule has 2 aromatic carbocycles. The lowest BCUT2D eigenvalue weighted by Gasteiger charge is -2.27. The van der Waals surface area contributed by atoms with Gasteiger partial charge in [0.25, 0.3) is 0 Å². The SMILES string of the molecule is c1ccc(C2NCCc3nc4ccccc4n32)cc1. The minimum Gasteiger partial charge on any atom is -0.307 e. The van der Waals surface area contributed by atoms with Gasteiger partial charge in [-0.2, -0.15) is 0 Å². The Kier molecular flexibility index (Phi) is 2.38. The van der Waals surface area contributed by atoms with Crippen molar-refractivity contribution in [1.29, 1.82) is 0 Å². The Morgan fingerprint density at radius 2 is 1.79 bits per heavy atom. The van der Waals surface area contributed by atoms with E-state index in [1.165, 1.54) is 16.9 Å². The number of imidazole rings is 1. The van der Waals surface area contributed by atoms with E-state index < -0.39 is 0 Å². The van der Waals surface area contributed by atoms with E-state index in [4.69, 9.17) is 4.98 Å². The lowest BCUT2D eigenvalue weighted by Crippen LogP contribution is -2.35. The second-order valence-corrected chi connectivity index (χ2v) is 4.90. The first kappa shape index (κ1) is 10.8. The maximum absolute atomic E-state index is 4.75. The van der Waals surface area contributed by atoms with E-state index in [0.29, 0.717) is 0 Å². The number of hydrogen-bond donors (Lipinski definition) is 1. The number of rotatable bonds is 1. The second-order valence-electron chi connectivity index (χ2n) is 4.90. The van der Waals surface area contributed by atoms with Crippen LogP contribution in [0, 0.1) is 0 Å². The van der Waals surface area contributed by atoms with E-state index in [-0.39, 0.29) is 6.17 Å². The Balaban J connectivity index is 1.95. The number of nitrogens with zero attached hydrogens (tertiary/aromatic N) is 2. The van der Waals surface area contributed by atoms with Crippen molar-refractivity contribution < 1.29 is 0 Å². The van der Waals surface area contributed by atoms with Crippen LogP contribution < -0.4 is 5.32 Å². The predicted molar refractivity (Wildman–Crippen MR) is 76.0 cm³/mol. The number of fused-ring (bicyclic) bond motifs is 3. The Hall–Kier alpha value is -2.13. The van der Waals surface area contributed by atoms with Crippen LogP contribution >= 0.6 is 0 Å². The fourth-order valence-corrected chi connectivity index (χ4v) is 2.87. The normalized spacial score (nSPS) is 18.4. The van der Waals surface area contributed by atoms with Gasteiger partial charge in [-0.05, 0) is 17.7 Å². The number of benzene rings is 2. The Bertz CT molecular complexity index is 715. The van der Waals surface area contributed by atoms with Crippen LogP contribution in [0.5, 0.6) is 0 Å². The monoisotopic (exact) mass is 249 g/mol. The van der Waals surface area contributed by atoms with Crippen molar-refractivity contribution in [3.8, 4) is 0 Å². The van der Waals surface area contributed by atoms with Crippen LogP contribution in [0.15, 0.2) is 54.6 Å². The first-order valence-corrected chi connectivity index (χ1v) is 6.68. The summed E-state index contributed by atoms with van der Waals surface area (Å²) in [5.74, 6) is 1.17. The Morgan fingerprint density at radius 1 is 1.00 bits per heavy atom. The smallest absolute Gasteiger partial charge is 0.112 e. The van der Waals surface area contributed by atoms with E-state index in [1.54, 1.807) is 0 Å². The molecule has 0 aliphatic carbocycles. The first-order chi connectivity index (χ1) is 9.43. The quantitative estimate of drug-likeness (QED) is 0.718. The molecule has 19 heavy (non-hydrogen) atoms. The summed E-state index contributed by atoms with van der Waals surface area (Å²) in [5.41, 5.74) is 3.58. The van der Waals surface area contributed by atoms with E-state index in [9.17, 15) is 0 Å². The van der Waals surface area contributed by atoms with Crippen LogP contribution in [0.1, 0.15) is 17.6 Å². The summed E-state index contributed by atoms with van der Waals surface area (Å²) >= 11 is 0. The van der Waals surface area contributed by atoms with Gasteiger partial charge in [-0.1, -0.05) is 42.5 Å². The molecule has 1 atom stereocenters. The number of hydrogen-bond acceptors (Lipinski definition) is 2. The lowest BCUT2D eigenvalue weighted by molar-refractivity contribution is 0.422. The van der Waals surface area contributed by atoms with Gasteiger partial charge in [0.2, 0.25) is 0 Å². The molecule has 3 nitrogen and oxygen atoms in total. The maximum atomic E-state index is 4.75. The number of para-hydroxylation sites is 2. The van der Waals surface area contributed by atoms with Gasteiger partial charge in [0.15, 0.2) is 0 Å². The third-order valence-electron chi connectivity index (χ3n) is 3.73. The van der Waals surface area contributed by atoms with Crippen molar-refractivity contribution in [2.45, 2.75) is 12.6 Å². The fraction of sp³-hybridized carbons (Fsp3) is 0.188. The maximum Gasteiger partial charge on any atom is 0.112 e. The predicted octanol–water partition coefficient (Wildman–Crippen LogP) is 2.73. The van der Waals surface area contributed by atoms with Gasteiger partial charge in [-0.3, -0.25) is 5.32 Å². The zero-order chi connectivity index (χ0) is 12.7. The molecule has 3 heteroatoms. The molecule has 4 rings (SSSR count). The van der Waals surface area contributed by atoms with Gasteiger partial charge in [0.05, 0.1) is 11.0 Å². The third-order valence-corrected chi connectivity index (χ3v) is 3.73. The molecule has 0 amide bonds. The molecule has 0 saturated heterocycles. The van der Waals surface area contributed by atoms with Crippen molar-refractivity contribution in [2.75, 3.05) is 6.54 Å². The molecule has 3 aromatic rings. The molecule has 94 valence electrons. The molecule has 0 spiro atoms. The van der Waals surface area contributed by atoms with Crippen LogP contribution in [-0.2, 0) is 6.42 Å². The zero-order valence-electron chi connectivity index (χ0n) is 10.6. The van der Waals surface area contributed by atoms with Crippen LogP contribution in [0.3, 0.4) is 0 Å². The standard InChI is InChI=1S/C16H15N3/c1-2-6-12(7-3-1)16-17-11-10-15-18-13-8-4-5-9-14(13)19(15)16/h1-9,16-17H,10-11H2. The Labute approximate surface area is 111 Å². The van der Waals surface area contributed by atoms with Gasteiger partial charge in [-0.15, -0.1) is 0 Å². The molecule has 0 radical (unpaired) electrons. The summed E-state index contributed by atoms with van der Waals surface area (Å²) in [6.07, 6.45) is 1.18. The highest BCUT2D eigenvalue weighted by atomic mass is 15.2. The van der Waals surface area contributed by atoms with Gasteiger partial charge in [0, 0.05) is 13.0 Å². The average molecular weight is 249 g/mol. The largest absolute Gasteiger partial charge is 0.307 e. The molecule has 0 bridgehead atoms. The molecular weight excluding hydrogens is 234 g/mol. The van der Waals surface area contributed by atoms with Crippen LogP contribution in [-0.4, -0.2) is 16.1 Å². The topological polar surface area (TPSA) is 29.9 Å². The third kappa shape index (κ3) is 1.66. The summed E-state index contributed by atoms with van der Waals surface area (Å²) in [6, 6.07) is 18.9. The Morgan fingerprint density at radius 3 is 2.68 bits per heavy atom. The van der Waals surface area contributed by atoms with Crippen molar-refractivity contribution in [3.05, 3.63) is 66.0 Å². The number of nitrogens with one attached hydrogen (secondary N) is 1. The molecule has 0 fully saturated rings. The summed E-state index contributed by atoms with van der Waals surface area (Å²) in [7, 11) is 0. The van der Waals surface area contributed by atoms with E-state index in [2.05, 4.69) is 58.4 Å². The molecule has 1 aliphatic heterocycles. The van der Waals surface area contributed by atoms with Crippen molar-refractivity contribution in [1.82, 2.24) is 14.9 Å². The summed E-state index contributed by atoms with van der Waals surface area (Å²) in [5, 5.41) is 3.59. The van der Waals surface area contributed by atoms with E-state index >= 15 is 0 Å². The van der Waals surface area contributed by atoms with Crippen LogP contribution in [0.2, 0.25) is 0 Å². The van der Waals surface area contributed by atoms with E-state index in [1.807, 2.05) is 6.07 Å². The minimum atomic E-state index is 0.192. The molecule has 0 saturated carbocycles. The highest BCUT2D eigenvalue weighted by molar-refractivity contribution is 5.76. The van der Waals surface area contributed by atoms with E-state index in [0.717, 1.165) is 18.5 Å². The minimum absolute atomic E-state index is 0.192. The van der Waals surface area contributed by atoms with Crippen molar-refractivity contribution >= 4 is 11.0 Å². The molecule has 1 aromatic heterocycles. The van der Waals surface area contributed by atoms with Gasteiger partial charge < -0.3 is 4.57 Å². The fourth-order valence-electron chi connectivity index (χ4n) is 2.87. The lowest BCUT2D eigenvalue weighted by atomic mass is 10.1. The zero-order valence-corrected chi connectivity index (χ0v) is 10.6. The number of aromatic nitrogens is 2. The van der Waals surface area contributed by atoms with Gasteiger partial charge in [0.1, 0.15) is 12.0 Å². The molecule has 1 unspecified atom stereocenters. The molecular formula is C16H15N3. The summed E-state index contributed by atoms with van der Waals surface area (Å²) in [6.45, 7) is 0.975.